The Morgan fingerprint density at radius 3 is 2.50 bits per heavy atom. The highest BCUT2D eigenvalue weighted by molar-refractivity contribution is 4.73. The molecule has 1 N–H and O–H groups in total. The van der Waals surface area contributed by atoms with Crippen LogP contribution in [0.1, 0.15) is 13.8 Å². The second kappa shape index (κ2) is 4.30. The van der Waals surface area contributed by atoms with E-state index in [1.165, 1.54) is 0 Å². The average molecular weight is 113 g/mol. The summed E-state index contributed by atoms with van der Waals surface area (Å²) in [7, 11) is 0. The first-order chi connectivity index (χ1) is 3.85. The molecule has 0 bridgehead atoms. The lowest BCUT2D eigenvalue weighted by molar-refractivity contribution is 0.381. The van der Waals surface area contributed by atoms with E-state index in [4.69, 9.17) is 5.53 Å². The second-order valence-electron chi connectivity index (χ2n) is 1.34. The van der Waals surface area contributed by atoms with Gasteiger partial charge in [-0.2, -0.15) is 5.53 Å². The van der Waals surface area contributed by atoms with E-state index in [1.54, 1.807) is 11.2 Å². The summed E-state index contributed by atoms with van der Waals surface area (Å²) in [5, 5.41) is 4.73. The van der Waals surface area contributed by atoms with E-state index in [-0.39, 0.29) is 0 Å². The molecule has 0 aliphatic carbocycles. The van der Waals surface area contributed by atoms with E-state index in [0.29, 0.717) is 0 Å². The standard InChI is InChI=1S/C5H11N3/c1-3-5-8(4-2)7-6/h3,5-6H,4H2,1-2H3. The smallest absolute Gasteiger partial charge is 0.0397 e. The molecule has 46 valence electrons. The van der Waals surface area contributed by atoms with Gasteiger partial charge in [-0.05, 0) is 13.8 Å². The number of allylic oxidation sites excluding steroid dienone is 1. The van der Waals surface area contributed by atoms with Crippen LogP contribution in [0.25, 0.3) is 0 Å². The Labute approximate surface area is 49.5 Å². The molecule has 0 unspecified atom stereocenters. The highest BCUT2D eigenvalue weighted by Crippen LogP contribution is 1.87. The van der Waals surface area contributed by atoms with E-state index < -0.39 is 0 Å². The first-order valence-electron chi connectivity index (χ1n) is 2.62. The van der Waals surface area contributed by atoms with Crippen molar-refractivity contribution in [2.45, 2.75) is 13.8 Å². The Morgan fingerprint density at radius 2 is 2.38 bits per heavy atom. The zero-order valence-corrected chi connectivity index (χ0v) is 5.26. The van der Waals surface area contributed by atoms with E-state index in [9.17, 15) is 0 Å². The first kappa shape index (κ1) is 7.14. The van der Waals surface area contributed by atoms with E-state index in [0.717, 1.165) is 6.54 Å². The molecule has 0 aromatic rings. The summed E-state index contributed by atoms with van der Waals surface area (Å²) >= 11 is 0. The Balaban J connectivity index is 3.52. The maximum Gasteiger partial charge on any atom is 0.0397 e. The van der Waals surface area contributed by atoms with Crippen LogP contribution in [0.4, 0.5) is 0 Å². The van der Waals surface area contributed by atoms with Crippen LogP contribution in [0.5, 0.6) is 0 Å². The van der Waals surface area contributed by atoms with Crippen LogP contribution in [-0.2, 0) is 0 Å². The maximum absolute atomic E-state index is 6.56. The summed E-state index contributed by atoms with van der Waals surface area (Å²) in [4.78, 5) is 0. The number of nitrogens with one attached hydrogen (secondary N) is 1. The molecule has 3 nitrogen and oxygen atoms in total. The minimum absolute atomic E-state index is 0.758. The highest BCUT2D eigenvalue weighted by Gasteiger charge is 1.84. The third-order valence-corrected chi connectivity index (χ3v) is 0.774. The van der Waals surface area contributed by atoms with Crippen LogP contribution >= 0.6 is 0 Å². The fraction of sp³-hybridized carbons (Fsp3) is 0.600. The lowest BCUT2D eigenvalue weighted by Gasteiger charge is -2.05. The lowest BCUT2D eigenvalue weighted by atomic mass is 10.6. The third-order valence-electron chi connectivity index (χ3n) is 0.774. The summed E-state index contributed by atoms with van der Waals surface area (Å²) in [5.74, 6) is 0. The molecule has 0 heterocycles. The second-order valence-corrected chi connectivity index (χ2v) is 1.34. The lowest BCUT2D eigenvalue weighted by Crippen LogP contribution is -2.05. The van der Waals surface area contributed by atoms with Gasteiger partial charge in [-0.1, -0.05) is 11.3 Å². The van der Waals surface area contributed by atoms with Crippen molar-refractivity contribution in [3.8, 4) is 0 Å². The molecule has 0 rings (SSSR count). The minimum atomic E-state index is 0.758. The highest BCUT2D eigenvalue weighted by atomic mass is 15.5. The van der Waals surface area contributed by atoms with Gasteiger partial charge in [0.05, 0.1) is 0 Å². The molecule has 0 atom stereocenters. The molecule has 3 heteroatoms. The summed E-state index contributed by atoms with van der Waals surface area (Å²) in [6, 6.07) is 0. The molecule has 8 heavy (non-hydrogen) atoms. The molecule has 0 saturated heterocycles. The normalized spacial score (nSPS) is 9.75. The molecule has 0 aliphatic heterocycles. The van der Waals surface area contributed by atoms with Crippen LogP contribution < -0.4 is 0 Å². The van der Waals surface area contributed by atoms with Gasteiger partial charge in [0.25, 0.3) is 0 Å². The van der Waals surface area contributed by atoms with Gasteiger partial charge in [0.15, 0.2) is 0 Å². The SMILES string of the molecule is CC=CN(CC)N=N. The monoisotopic (exact) mass is 113 g/mol. The van der Waals surface area contributed by atoms with Crippen molar-refractivity contribution >= 4 is 0 Å². The van der Waals surface area contributed by atoms with Crippen molar-refractivity contribution in [2.24, 2.45) is 5.22 Å². The van der Waals surface area contributed by atoms with Crippen molar-refractivity contribution in [1.82, 2.24) is 5.01 Å². The number of hydrogen-bond donors (Lipinski definition) is 1. The van der Waals surface area contributed by atoms with E-state index >= 15 is 0 Å². The molecule has 0 aromatic heterocycles. The van der Waals surface area contributed by atoms with Crippen LogP contribution in [0.3, 0.4) is 0 Å². The van der Waals surface area contributed by atoms with Crippen LogP contribution in [0, 0.1) is 5.53 Å². The van der Waals surface area contributed by atoms with Crippen molar-refractivity contribution < 1.29 is 0 Å². The Hall–Kier alpha value is -0.860. The summed E-state index contributed by atoms with van der Waals surface area (Å²) < 4.78 is 0. The summed E-state index contributed by atoms with van der Waals surface area (Å²) in [6.07, 6.45) is 3.61. The molecular formula is C5H11N3. The number of hydrogen-bond acceptors (Lipinski definition) is 2. The number of rotatable bonds is 3. The zero-order valence-electron chi connectivity index (χ0n) is 5.26. The van der Waals surface area contributed by atoms with Crippen LogP contribution in [0.2, 0.25) is 0 Å². The Bertz CT molecular complexity index is 87.7. The molecule has 0 spiro atoms. The predicted octanol–water partition coefficient (Wildman–Crippen LogP) is 1.79. The molecule has 0 radical (unpaired) electrons. The van der Waals surface area contributed by atoms with Gasteiger partial charge in [-0.25, -0.2) is 0 Å². The van der Waals surface area contributed by atoms with Gasteiger partial charge in [0.2, 0.25) is 0 Å². The Kier molecular flexibility index (Phi) is 3.84. The topological polar surface area (TPSA) is 39.5 Å². The van der Waals surface area contributed by atoms with Crippen molar-refractivity contribution in [3.05, 3.63) is 12.3 Å². The van der Waals surface area contributed by atoms with Gasteiger partial charge in [0, 0.05) is 12.7 Å². The Morgan fingerprint density at radius 1 is 1.75 bits per heavy atom. The van der Waals surface area contributed by atoms with E-state index in [2.05, 4.69) is 5.22 Å². The molecular weight excluding hydrogens is 102 g/mol. The average Bonchev–Trinajstić information content (AvgIpc) is 1.83. The van der Waals surface area contributed by atoms with Gasteiger partial charge >= 0.3 is 0 Å². The van der Waals surface area contributed by atoms with Crippen molar-refractivity contribution in [1.29, 1.82) is 5.53 Å². The zero-order chi connectivity index (χ0) is 6.41. The van der Waals surface area contributed by atoms with Crippen molar-refractivity contribution in [3.63, 3.8) is 0 Å². The molecule has 0 aliphatic rings. The minimum Gasteiger partial charge on any atom is -0.255 e. The van der Waals surface area contributed by atoms with Gasteiger partial charge in [0.1, 0.15) is 0 Å². The summed E-state index contributed by atoms with van der Waals surface area (Å²) in [5.41, 5.74) is 6.56. The van der Waals surface area contributed by atoms with Crippen LogP contribution in [0.15, 0.2) is 17.5 Å². The maximum atomic E-state index is 6.56. The van der Waals surface area contributed by atoms with Gasteiger partial charge in [-0.15, -0.1) is 0 Å². The number of nitrogens with zero attached hydrogens (tertiary/aromatic N) is 2. The van der Waals surface area contributed by atoms with Crippen molar-refractivity contribution in [2.75, 3.05) is 6.54 Å². The third kappa shape index (κ3) is 2.34. The fourth-order valence-electron chi connectivity index (χ4n) is 0.382. The predicted molar refractivity (Wildman–Crippen MR) is 32.3 cm³/mol. The van der Waals surface area contributed by atoms with Crippen LogP contribution in [-0.4, -0.2) is 11.6 Å². The molecule has 0 fully saturated rings. The first-order valence-corrected chi connectivity index (χ1v) is 2.62. The van der Waals surface area contributed by atoms with Gasteiger partial charge < -0.3 is 0 Å². The largest absolute Gasteiger partial charge is 0.255 e. The summed E-state index contributed by atoms with van der Waals surface area (Å²) in [6.45, 7) is 4.60. The molecule has 0 aromatic carbocycles. The van der Waals surface area contributed by atoms with E-state index in [1.807, 2.05) is 19.9 Å². The fourth-order valence-corrected chi connectivity index (χ4v) is 0.382. The van der Waals surface area contributed by atoms with Gasteiger partial charge in [-0.3, -0.25) is 5.01 Å². The quantitative estimate of drug-likeness (QED) is 0.440. The molecule has 0 amide bonds. The molecule has 0 saturated carbocycles.